The summed E-state index contributed by atoms with van der Waals surface area (Å²) in [6.45, 7) is 4.37. The monoisotopic (exact) mass is 291 g/mol. The predicted molar refractivity (Wildman–Crippen MR) is 83.7 cm³/mol. The average molecular weight is 291 g/mol. The summed E-state index contributed by atoms with van der Waals surface area (Å²) in [7, 11) is 1.55. The molecule has 2 unspecified atom stereocenters. The molecule has 1 aromatic rings. The summed E-state index contributed by atoms with van der Waals surface area (Å²) in [5.74, 6) is 0.661. The molecule has 0 aromatic heterocycles. The molecule has 0 spiro atoms. The lowest BCUT2D eigenvalue weighted by Gasteiger charge is -2.28. The van der Waals surface area contributed by atoms with Crippen molar-refractivity contribution in [1.29, 1.82) is 0 Å². The van der Waals surface area contributed by atoms with E-state index in [9.17, 15) is 10.2 Å². The number of phenolic OH excluding ortho intramolecular Hbond substituents is 1. The fraction of sp³-hybridized carbons (Fsp3) is 0.529. The van der Waals surface area contributed by atoms with Gasteiger partial charge in [0.15, 0.2) is 11.5 Å². The fourth-order valence-corrected chi connectivity index (χ4v) is 2.90. The van der Waals surface area contributed by atoms with Crippen LogP contribution in [0.15, 0.2) is 24.8 Å². The first-order valence-corrected chi connectivity index (χ1v) is 7.56. The van der Waals surface area contributed by atoms with Gasteiger partial charge >= 0.3 is 0 Å². The van der Waals surface area contributed by atoms with Crippen LogP contribution in [0.2, 0.25) is 0 Å². The molecule has 0 bridgehead atoms. The minimum atomic E-state index is -0.259. The molecule has 2 rings (SSSR count). The number of hydrogen-bond donors (Lipinski definition) is 3. The molecular formula is C17H25NO3. The highest BCUT2D eigenvalue weighted by Gasteiger charge is 2.22. The molecule has 4 heteroatoms. The number of allylic oxidation sites excluding steroid dienone is 1. The average Bonchev–Trinajstić information content (AvgIpc) is 2.49. The van der Waals surface area contributed by atoms with Crippen LogP contribution in [0.3, 0.4) is 0 Å². The molecule has 1 saturated carbocycles. The van der Waals surface area contributed by atoms with Gasteiger partial charge in [-0.2, -0.15) is 0 Å². The van der Waals surface area contributed by atoms with Crippen LogP contribution in [0.5, 0.6) is 11.5 Å². The summed E-state index contributed by atoms with van der Waals surface area (Å²) in [6, 6.07) is 3.95. The van der Waals surface area contributed by atoms with Crippen molar-refractivity contribution in [3.63, 3.8) is 0 Å². The molecule has 0 radical (unpaired) electrons. The second-order valence-electron chi connectivity index (χ2n) is 5.64. The Bertz CT molecular complexity index is 487. The molecule has 0 aliphatic heterocycles. The summed E-state index contributed by atoms with van der Waals surface area (Å²) in [5, 5.41) is 23.5. The second kappa shape index (κ2) is 7.48. The van der Waals surface area contributed by atoms with Gasteiger partial charge in [0.2, 0.25) is 0 Å². The molecule has 116 valence electrons. The van der Waals surface area contributed by atoms with Gasteiger partial charge in [0, 0.05) is 18.2 Å². The van der Waals surface area contributed by atoms with Gasteiger partial charge < -0.3 is 20.3 Å². The highest BCUT2D eigenvalue weighted by Crippen LogP contribution is 2.32. The fourth-order valence-electron chi connectivity index (χ4n) is 2.90. The Labute approximate surface area is 126 Å². The zero-order chi connectivity index (χ0) is 15.2. The number of aliphatic hydroxyl groups excluding tert-OH is 1. The van der Waals surface area contributed by atoms with Gasteiger partial charge in [-0.3, -0.25) is 0 Å². The third-order valence-electron chi connectivity index (χ3n) is 4.10. The second-order valence-corrected chi connectivity index (χ2v) is 5.64. The maximum absolute atomic E-state index is 10.1. The highest BCUT2D eigenvalue weighted by atomic mass is 16.5. The van der Waals surface area contributed by atoms with Gasteiger partial charge in [-0.05, 0) is 30.9 Å². The minimum absolute atomic E-state index is 0.154. The number of aromatic hydroxyl groups is 1. The molecule has 0 saturated heterocycles. The molecular weight excluding hydrogens is 266 g/mol. The van der Waals surface area contributed by atoms with Crippen LogP contribution in [0.4, 0.5) is 0 Å². The topological polar surface area (TPSA) is 61.7 Å². The largest absolute Gasteiger partial charge is 0.504 e. The summed E-state index contributed by atoms with van der Waals surface area (Å²) in [6.07, 6.45) is 6.25. The standard InChI is InChI=1S/C17H25NO3/c1-3-6-13-9-12(10-16(21-2)17(13)20)11-18-14-7-4-5-8-15(14)19/h3,9-10,14-15,18-20H,1,4-8,11H2,2H3. The van der Waals surface area contributed by atoms with Crippen LogP contribution >= 0.6 is 0 Å². The number of aliphatic hydroxyl groups is 1. The van der Waals surface area contributed by atoms with E-state index in [-0.39, 0.29) is 17.9 Å². The Morgan fingerprint density at radius 2 is 2.14 bits per heavy atom. The maximum Gasteiger partial charge on any atom is 0.161 e. The van der Waals surface area contributed by atoms with Crippen molar-refractivity contribution in [2.75, 3.05) is 7.11 Å². The van der Waals surface area contributed by atoms with E-state index in [1.807, 2.05) is 12.1 Å². The van der Waals surface area contributed by atoms with E-state index < -0.39 is 0 Å². The number of benzene rings is 1. The van der Waals surface area contributed by atoms with Gasteiger partial charge in [-0.15, -0.1) is 6.58 Å². The van der Waals surface area contributed by atoms with E-state index in [0.717, 1.165) is 36.8 Å². The first-order chi connectivity index (χ1) is 10.2. The summed E-state index contributed by atoms with van der Waals surface area (Å²) < 4.78 is 5.22. The van der Waals surface area contributed by atoms with E-state index in [1.54, 1.807) is 13.2 Å². The molecule has 3 N–H and O–H groups in total. The van der Waals surface area contributed by atoms with E-state index in [1.165, 1.54) is 0 Å². The van der Waals surface area contributed by atoms with Crippen LogP contribution in [-0.2, 0) is 13.0 Å². The lowest BCUT2D eigenvalue weighted by molar-refractivity contribution is 0.0902. The van der Waals surface area contributed by atoms with E-state index in [4.69, 9.17) is 4.74 Å². The summed E-state index contributed by atoms with van der Waals surface area (Å²) in [4.78, 5) is 0. The molecule has 1 aliphatic carbocycles. The number of ether oxygens (including phenoxy) is 1. The lowest BCUT2D eigenvalue weighted by atomic mass is 9.92. The van der Waals surface area contributed by atoms with Gasteiger partial charge in [-0.1, -0.05) is 25.0 Å². The highest BCUT2D eigenvalue weighted by molar-refractivity contribution is 5.49. The van der Waals surface area contributed by atoms with E-state index in [2.05, 4.69) is 11.9 Å². The number of nitrogens with one attached hydrogen (secondary N) is 1. The number of rotatable bonds is 6. The molecule has 0 heterocycles. The molecule has 4 nitrogen and oxygen atoms in total. The first kappa shape index (κ1) is 15.9. The third-order valence-corrected chi connectivity index (χ3v) is 4.10. The zero-order valence-electron chi connectivity index (χ0n) is 12.6. The SMILES string of the molecule is C=CCc1cc(CNC2CCCCC2O)cc(OC)c1O. The van der Waals surface area contributed by atoms with E-state index >= 15 is 0 Å². The smallest absolute Gasteiger partial charge is 0.161 e. The van der Waals surface area contributed by atoms with Crippen LogP contribution in [0.25, 0.3) is 0 Å². The molecule has 21 heavy (non-hydrogen) atoms. The van der Waals surface area contributed by atoms with Gasteiger partial charge in [0.25, 0.3) is 0 Å². The van der Waals surface area contributed by atoms with Crippen molar-refractivity contribution < 1.29 is 14.9 Å². The zero-order valence-corrected chi connectivity index (χ0v) is 12.6. The minimum Gasteiger partial charge on any atom is -0.504 e. The van der Waals surface area contributed by atoms with E-state index in [0.29, 0.717) is 18.7 Å². The third kappa shape index (κ3) is 3.99. The molecule has 2 atom stereocenters. The molecule has 1 aromatic carbocycles. The molecule has 0 amide bonds. The van der Waals surface area contributed by atoms with Crippen LogP contribution < -0.4 is 10.1 Å². The molecule has 1 aliphatic rings. The Balaban J connectivity index is 2.08. The normalized spacial score (nSPS) is 22.0. The molecule has 1 fully saturated rings. The summed E-state index contributed by atoms with van der Waals surface area (Å²) in [5.41, 5.74) is 1.85. The van der Waals surface area contributed by atoms with Crippen LogP contribution in [-0.4, -0.2) is 29.5 Å². The van der Waals surface area contributed by atoms with Crippen molar-refractivity contribution >= 4 is 0 Å². The van der Waals surface area contributed by atoms with Crippen LogP contribution in [0, 0.1) is 0 Å². The number of hydrogen-bond acceptors (Lipinski definition) is 4. The summed E-state index contributed by atoms with van der Waals surface area (Å²) >= 11 is 0. The van der Waals surface area contributed by atoms with Crippen LogP contribution in [0.1, 0.15) is 36.8 Å². The first-order valence-electron chi connectivity index (χ1n) is 7.56. The van der Waals surface area contributed by atoms with Gasteiger partial charge in [0.1, 0.15) is 0 Å². The van der Waals surface area contributed by atoms with Gasteiger partial charge in [0.05, 0.1) is 13.2 Å². The Morgan fingerprint density at radius 3 is 2.81 bits per heavy atom. The van der Waals surface area contributed by atoms with Crippen molar-refractivity contribution in [2.24, 2.45) is 0 Å². The Kier molecular flexibility index (Phi) is 5.65. The Morgan fingerprint density at radius 1 is 1.38 bits per heavy atom. The van der Waals surface area contributed by atoms with Gasteiger partial charge in [-0.25, -0.2) is 0 Å². The number of methoxy groups -OCH3 is 1. The Hall–Kier alpha value is -1.52. The lowest BCUT2D eigenvalue weighted by Crippen LogP contribution is -2.41. The quantitative estimate of drug-likeness (QED) is 0.705. The van der Waals surface area contributed by atoms with Crippen molar-refractivity contribution in [2.45, 2.75) is 50.8 Å². The van der Waals surface area contributed by atoms with Crippen molar-refractivity contribution in [3.8, 4) is 11.5 Å². The number of phenols is 1. The van der Waals surface area contributed by atoms with Crippen molar-refractivity contribution in [1.82, 2.24) is 5.32 Å². The maximum atomic E-state index is 10.1. The predicted octanol–water partition coefficient (Wildman–Crippen LogP) is 2.52. The van der Waals surface area contributed by atoms with Crippen molar-refractivity contribution in [3.05, 3.63) is 35.9 Å².